The number of hydrogen-bond acceptors (Lipinski definition) is 2. The molecule has 0 aromatic heterocycles. The van der Waals surface area contributed by atoms with Crippen LogP contribution in [0, 0.1) is 0 Å². The van der Waals surface area contributed by atoms with Gasteiger partial charge in [0.05, 0.1) is 0 Å². The maximum Gasteiger partial charge on any atom is 0.217 e. The highest BCUT2D eigenvalue weighted by Gasteiger charge is 1.95. The lowest BCUT2D eigenvalue weighted by Gasteiger charge is -2.04. The maximum absolute atomic E-state index is 10.5. The van der Waals surface area contributed by atoms with E-state index in [-0.39, 0.29) is 5.91 Å². The van der Waals surface area contributed by atoms with Crippen molar-refractivity contribution in [1.82, 2.24) is 5.32 Å². The second-order valence-corrected chi connectivity index (χ2v) is 5.15. The molecule has 0 aliphatic rings. The zero-order valence-electron chi connectivity index (χ0n) is 12.2. The molecule has 0 rings (SSSR count). The van der Waals surface area contributed by atoms with Crippen LogP contribution in [0.3, 0.4) is 0 Å². The normalized spacial score (nSPS) is 10.7. The molecule has 0 bridgehead atoms. The number of nitrogens with two attached hydrogens (primary N) is 1. The Bertz CT molecular complexity index is 183. The van der Waals surface area contributed by atoms with Gasteiger partial charge in [-0.3, -0.25) is 4.79 Å². The number of hydrogen-bond donors (Lipinski definition) is 2. The molecule has 0 saturated heterocycles. The van der Waals surface area contributed by atoms with E-state index in [4.69, 9.17) is 5.73 Å². The van der Waals surface area contributed by atoms with E-state index in [0.717, 1.165) is 19.4 Å². The van der Waals surface area contributed by atoms with E-state index in [1.165, 1.54) is 57.9 Å². The van der Waals surface area contributed by atoms with Crippen LogP contribution in [-0.4, -0.2) is 19.0 Å². The van der Waals surface area contributed by atoms with Crippen LogP contribution in [0.15, 0.2) is 0 Å². The number of amides is 1. The average molecular weight is 256 g/mol. The van der Waals surface area contributed by atoms with Crippen molar-refractivity contribution in [3.63, 3.8) is 0 Å². The molecule has 0 aromatic carbocycles. The van der Waals surface area contributed by atoms with Crippen molar-refractivity contribution in [2.24, 2.45) is 5.73 Å². The molecule has 108 valence electrons. The molecule has 0 fully saturated rings. The van der Waals surface area contributed by atoms with Crippen LogP contribution in [0.25, 0.3) is 0 Å². The van der Waals surface area contributed by atoms with Gasteiger partial charge in [-0.05, 0) is 32.4 Å². The molecular formula is C15H32N2O. The lowest BCUT2D eigenvalue weighted by Crippen LogP contribution is -2.16. The first-order valence-electron chi connectivity index (χ1n) is 7.76. The number of carbonyl (C=O) groups excluding carboxylic acids is 1. The Hall–Kier alpha value is -0.570. The molecule has 0 aliphatic carbocycles. The van der Waals surface area contributed by atoms with Crippen LogP contribution in [0.5, 0.6) is 0 Å². The minimum absolute atomic E-state index is 0.165. The van der Waals surface area contributed by atoms with Gasteiger partial charge in [0.25, 0.3) is 0 Å². The molecule has 3 heteroatoms. The SMILES string of the molecule is CCCCCCNCCCCCCCCC(N)=O. The van der Waals surface area contributed by atoms with E-state index in [0.29, 0.717) is 6.42 Å². The summed E-state index contributed by atoms with van der Waals surface area (Å²) in [7, 11) is 0. The highest BCUT2D eigenvalue weighted by molar-refractivity contribution is 5.73. The van der Waals surface area contributed by atoms with Gasteiger partial charge >= 0.3 is 0 Å². The number of nitrogens with one attached hydrogen (secondary N) is 1. The molecule has 0 heterocycles. The monoisotopic (exact) mass is 256 g/mol. The molecule has 0 radical (unpaired) electrons. The molecule has 0 unspecified atom stereocenters. The minimum Gasteiger partial charge on any atom is -0.370 e. The van der Waals surface area contributed by atoms with Crippen molar-refractivity contribution in [3.05, 3.63) is 0 Å². The second-order valence-electron chi connectivity index (χ2n) is 5.15. The van der Waals surface area contributed by atoms with Gasteiger partial charge in [0.15, 0.2) is 0 Å². The van der Waals surface area contributed by atoms with Crippen LogP contribution in [0.1, 0.15) is 77.6 Å². The van der Waals surface area contributed by atoms with Gasteiger partial charge in [-0.25, -0.2) is 0 Å². The van der Waals surface area contributed by atoms with Crippen LogP contribution < -0.4 is 11.1 Å². The highest BCUT2D eigenvalue weighted by Crippen LogP contribution is 2.06. The zero-order chi connectivity index (χ0) is 13.5. The second kappa shape index (κ2) is 14.5. The van der Waals surface area contributed by atoms with Gasteiger partial charge in [0.2, 0.25) is 5.91 Å². The summed E-state index contributed by atoms with van der Waals surface area (Å²) in [4.78, 5) is 10.5. The first-order chi connectivity index (χ1) is 8.77. The summed E-state index contributed by atoms with van der Waals surface area (Å²) < 4.78 is 0. The fourth-order valence-electron chi connectivity index (χ4n) is 2.06. The summed E-state index contributed by atoms with van der Waals surface area (Å²) in [6.45, 7) is 4.59. The Labute approximate surface area is 113 Å². The Morgan fingerprint density at radius 3 is 1.89 bits per heavy atom. The van der Waals surface area contributed by atoms with Crippen LogP contribution in [0.4, 0.5) is 0 Å². The summed E-state index contributed by atoms with van der Waals surface area (Å²) in [5.41, 5.74) is 5.08. The molecule has 3 nitrogen and oxygen atoms in total. The molecule has 0 saturated carbocycles. The molecule has 0 spiro atoms. The molecule has 18 heavy (non-hydrogen) atoms. The van der Waals surface area contributed by atoms with Gasteiger partial charge in [-0.2, -0.15) is 0 Å². The van der Waals surface area contributed by atoms with Crippen molar-refractivity contribution in [1.29, 1.82) is 0 Å². The molecule has 0 aliphatic heterocycles. The summed E-state index contributed by atoms with van der Waals surface area (Å²) in [6.07, 6.45) is 13.1. The van der Waals surface area contributed by atoms with Crippen molar-refractivity contribution in [3.8, 4) is 0 Å². The van der Waals surface area contributed by atoms with Crippen molar-refractivity contribution < 1.29 is 4.79 Å². The average Bonchev–Trinajstić information content (AvgIpc) is 2.34. The molecular weight excluding hydrogens is 224 g/mol. The van der Waals surface area contributed by atoms with E-state index >= 15 is 0 Å². The van der Waals surface area contributed by atoms with Crippen LogP contribution in [0.2, 0.25) is 0 Å². The minimum atomic E-state index is -0.165. The molecule has 3 N–H and O–H groups in total. The van der Waals surface area contributed by atoms with Gasteiger partial charge in [-0.1, -0.05) is 51.9 Å². The first-order valence-corrected chi connectivity index (χ1v) is 7.76. The lowest BCUT2D eigenvalue weighted by atomic mass is 10.1. The fraction of sp³-hybridized carbons (Fsp3) is 0.933. The predicted molar refractivity (Wildman–Crippen MR) is 78.5 cm³/mol. The summed E-state index contributed by atoms with van der Waals surface area (Å²) in [5, 5.41) is 3.50. The fourth-order valence-corrected chi connectivity index (χ4v) is 2.06. The van der Waals surface area contributed by atoms with Crippen molar-refractivity contribution in [2.75, 3.05) is 13.1 Å². The third-order valence-corrected chi connectivity index (χ3v) is 3.23. The van der Waals surface area contributed by atoms with Crippen molar-refractivity contribution in [2.45, 2.75) is 77.6 Å². The Morgan fingerprint density at radius 2 is 1.33 bits per heavy atom. The molecule has 1 amide bonds. The predicted octanol–water partition coefficient (Wildman–Crippen LogP) is 3.37. The zero-order valence-corrected chi connectivity index (χ0v) is 12.2. The first kappa shape index (κ1) is 17.4. The maximum atomic E-state index is 10.5. The van der Waals surface area contributed by atoms with Crippen LogP contribution >= 0.6 is 0 Å². The lowest BCUT2D eigenvalue weighted by molar-refractivity contribution is -0.118. The topological polar surface area (TPSA) is 55.1 Å². The molecule has 0 aromatic rings. The largest absolute Gasteiger partial charge is 0.370 e. The Balaban J connectivity index is 2.92. The van der Waals surface area contributed by atoms with Crippen LogP contribution in [-0.2, 0) is 4.79 Å². The van der Waals surface area contributed by atoms with Gasteiger partial charge in [0.1, 0.15) is 0 Å². The summed E-state index contributed by atoms with van der Waals surface area (Å²) in [6, 6.07) is 0. The number of carbonyl (C=O) groups is 1. The number of primary amides is 1. The Kier molecular flexibility index (Phi) is 14.0. The van der Waals surface area contributed by atoms with E-state index < -0.39 is 0 Å². The quantitative estimate of drug-likeness (QED) is 0.468. The Morgan fingerprint density at radius 1 is 0.833 bits per heavy atom. The third-order valence-electron chi connectivity index (χ3n) is 3.23. The van der Waals surface area contributed by atoms with E-state index in [9.17, 15) is 4.79 Å². The number of rotatable bonds is 14. The molecule has 0 atom stereocenters. The highest BCUT2D eigenvalue weighted by atomic mass is 16.1. The van der Waals surface area contributed by atoms with E-state index in [1.54, 1.807) is 0 Å². The standard InChI is InChI=1S/C15H32N2O/c1-2-3-4-10-13-17-14-11-8-6-5-7-9-12-15(16)18/h17H,2-14H2,1H3,(H2,16,18). The van der Waals surface area contributed by atoms with E-state index in [2.05, 4.69) is 12.2 Å². The van der Waals surface area contributed by atoms with Gasteiger partial charge < -0.3 is 11.1 Å². The van der Waals surface area contributed by atoms with E-state index in [1.807, 2.05) is 0 Å². The summed E-state index contributed by atoms with van der Waals surface area (Å²) >= 11 is 0. The summed E-state index contributed by atoms with van der Waals surface area (Å²) in [5.74, 6) is -0.165. The van der Waals surface area contributed by atoms with Gasteiger partial charge in [0, 0.05) is 6.42 Å². The number of unbranched alkanes of at least 4 members (excludes halogenated alkanes) is 8. The van der Waals surface area contributed by atoms with Crippen molar-refractivity contribution >= 4 is 5.91 Å². The smallest absolute Gasteiger partial charge is 0.217 e. The van der Waals surface area contributed by atoms with Gasteiger partial charge in [-0.15, -0.1) is 0 Å². The third kappa shape index (κ3) is 15.4.